The van der Waals surface area contributed by atoms with Gasteiger partial charge < -0.3 is 5.32 Å². The summed E-state index contributed by atoms with van der Waals surface area (Å²) in [5.41, 5.74) is 1.39. The molecule has 7 nitrogen and oxygen atoms in total. The van der Waals surface area contributed by atoms with Crippen LogP contribution in [0.25, 0.3) is 5.69 Å². The van der Waals surface area contributed by atoms with Gasteiger partial charge in [-0.1, -0.05) is 46.6 Å². The number of nitrogens with zero attached hydrogens (tertiary/aromatic N) is 5. The summed E-state index contributed by atoms with van der Waals surface area (Å²) in [6, 6.07) is 7.03. The lowest BCUT2D eigenvalue weighted by molar-refractivity contribution is -0.113. The number of aromatic nitrogens is 5. The Morgan fingerprint density at radius 2 is 1.96 bits per heavy atom. The third kappa shape index (κ3) is 4.27. The largest absolute Gasteiger partial charge is 0.309 e. The van der Waals surface area contributed by atoms with Gasteiger partial charge in [0, 0.05) is 11.2 Å². The molecule has 0 saturated carbocycles. The van der Waals surface area contributed by atoms with Gasteiger partial charge in [0.2, 0.25) is 11.1 Å². The number of tetrazole rings is 1. The van der Waals surface area contributed by atoms with Gasteiger partial charge in [0.1, 0.15) is 0 Å². The van der Waals surface area contributed by atoms with Crippen LogP contribution >= 0.6 is 46.6 Å². The maximum absolute atomic E-state index is 12.2. The zero-order chi connectivity index (χ0) is 18.7. The van der Waals surface area contributed by atoms with Crippen LogP contribution in [0.1, 0.15) is 5.56 Å². The fourth-order valence-electron chi connectivity index (χ4n) is 1.96. The number of nitrogens with one attached hydrogen (secondary N) is 1. The normalized spacial score (nSPS) is 10.8. The molecule has 26 heavy (non-hydrogen) atoms. The van der Waals surface area contributed by atoms with E-state index >= 15 is 0 Å². The van der Waals surface area contributed by atoms with Crippen LogP contribution < -0.4 is 5.32 Å². The molecule has 1 amide bonds. The minimum atomic E-state index is -0.295. The average Bonchev–Trinajstić information content (AvgIpc) is 3.10. The number of carbonyl (C=O) groups excluding carboxylic acids is 1. The van der Waals surface area contributed by atoms with Gasteiger partial charge in [-0.25, -0.2) is 4.98 Å². The molecular formula is C15H11Cl3N6OS. The molecule has 0 bridgehead atoms. The minimum absolute atomic E-state index is 0.0770. The Hall–Kier alpha value is -1.87. The molecule has 3 rings (SSSR count). The van der Waals surface area contributed by atoms with E-state index in [1.165, 1.54) is 22.6 Å². The summed E-state index contributed by atoms with van der Waals surface area (Å²) in [7, 11) is 0. The fourth-order valence-corrected chi connectivity index (χ4v) is 3.16. The molecule has 0 saturated heterocycles. The highest BCUT2D eigenvalue weighted by atomic mass is 35.5. The Bertz CT molecular complexity index is 947. The molecule has 11 heteroatoms. The highest BCUT2D eigenvalue weighted by molar-refractivity contribution is 7.99. The van der Waals surface area contributed by atoms with Crippen molar-refractivity contribution in [2.24, 2.45) is 0 Å². The predicted octanol–water partition coefficient (Wildman–Crippen LogP) is 4.06. The quantitative estimate of drug-likeness (QED) is 0.616. The third-order valence-electron chi connectivity index (χ3n) is 3.30. The zero-order valence-electron chi connectivity index (χ0n) is 13.3. The second kappa shape index (κ2) is 8.22. The molecule has 0 aliphatic rings. The second-order valence-corrected chi connectivity index (χ2v) is 7.24. The summed E-state index contributed by atoms with van der Waals surface area (Å²) in [5, 5.41) is 16.0. The molecule has 1 aromatic carbocycles. The number of hydrogen-bond donors (Lipinski definition) is 1. The van der Waals surface area contributed by atoms with E-state index in [-0.39, 0.29) is 17.5 Å². The van der Waals surface area contributed by atoms with Gasteiger partial charge in [0.25, 0.3) is 0 Å². The summed E-state index contributed by atoms with van der Waals surface area (Å²) in [5.74, 6) is 0.0430. The van der Waals surface area contributed by atoms with Crippen molar-refractivity contribution in [2.45, 2.75) is 12.1 Å². The highest BCUT2D eigenvalue weighted by Crippen LogP contribution is 2.28. The molecule has 0 aliphatic heterocycles. The summed E-state index contributed by atoms with van der Waals surface area (Å²) in [6.07, 6.45) is 1.44. The smallest absolute Gasteiger partial charge is 0.236 e. The lowest BCUT2D eigenvalue weighted by Crippen LogP contribution is -2.16. The van der Waals surface area contributed by atoms with Crippen LogP contribution in [0.3, 0.4) is 0 Å². The van der Waals surface area contributed by atoms with Gasteiger partial charge in [0.15, 0.2) is 5.82 Å². The summed E-state index contributed by atoms with van der Waals surface area (Å²) in [6.45, 7) is 1.75. The molecule has 0 aliphatic carbocycles. The molecule has 0 fully saturated rings. The maximum Gasteiger partial charge on any atom is 0.236 e. The van der Waals surface area contributed by atoms with E-state index in [9.17, 15) is 4.79 Å². The Morgan fingerprint density at radius 3 is 2.69 bits per heavy atom. The van der Waals surface area contributed by atoms with Crippen molar-refractivity contribution in [3.8, 4) is 5.69 Å². The standard InChI is InChI=1S/C15H11Cl3N6OS/c1-8-11(17)6-19-14(13(8)18)20-12(25)7-26-15-21-22-23-24(15)10-4-2-9(16)3-5-10/h2-6H,7H2,1H3,(H,19,20,25). The molecule has 0 radical (unpaired) electrons. The first-order valence-electron chi connectivity index (χ1n) is 7.23. The van der Waals surface area contributed by atoms with Crippen LogP contribution in [-0.2, 0) is 4.79 Å². The number of thioether (sulfide) groups is 1. The van der Waals surface area contributed by atoms with E-state index in [0.717, 1.165) is 5.69 Å². The van der Waals surface area contributed by atoms with Crippen molar-refractivity contribution in [1.82, 2.24) is 25.2 Å². The lowest BCUT2D eigenvalue weighted by atomic mass is 10.3. The Morgan fingerprint density at radius 1 is 1.23 bits per heavy atom. The van der Waals surface area contributed by atoms with Crippen molar-refractivity contribution in [3.05, 3.63) is 51.1 Å². The van der Waals surface area contributed by atoms with Gasteiger partial charge in [-0.05, 0) is 47.2 Å². The number of carbonyl (C=O) groups is 1. The second-order valence-electron chi connectivity index (χ2n) is 5.08. The number of pyridine rings is 1. The van der Waals surface area contributed by atoms with Gasteiger partial charge in [-0.15, -0.1) is 5.10 Å². The van der Waals surface area contributed by atoms with Crippen molar-refractivity contribution >= 4 is 58.3 Å². The van der Waals surface area contributed by atoms with Crippen LogP contribution in [0, 0.1) is 6.92 Å². The molecule has 2 aromatic heterocycles. The van der Waals surface area contributed by atoms with Crippen LogP contribution in [0.5, 0.6) is 0 Å². The van der Waals surface area contributed by atoms with Crippen molar-refractivity contribution in [2.75, 3.05) is 11.1 Å². The van der Waals surface area contributed by atoms with E-state index in [1.807, 2.05) is 0 Å². The predicted molar refractivity (Wildman–Crippen MR) is 103 cm³/mol. The van der Waals surface area contributed by atoms with E-state index in [1.54, 1.807) is 31.2 Å². The van der Waals surface area contributed by atoms with Crippen molar-refractivity contribution < 1.29 is 4.79 Å². The Kier molecular flexibility index (Phi) is 5.98. The monoisotopic (exact) mass is 428 g/mol. The molecule has 0 atom stereocenters. The molecule has 3 aromatic rings. The van der Waals surface area contributed by atoms with Crippen LogP contribution in [-0.4, -0.2) is 36.9 Å². The molecule has 134 valence electrons. The van der Waals surface area contributed by atoms with E-state index in [2.05, 4.69) is 25.8 Å². The average molecular weight is 430 g/mol. The van der Waals surface area contributed by atoms with Crippen molar-refractivity contribution in [3.63, 3.8) is 0 Å². The number of amides is 1. The number of hydrogen-bond acceptors (Lipinski definition) is 6. The van der Waals surface area contributed by atoms with Gasteiger partial charge in [-0.3, -0.25) is 4.79 Å². The first kappa shape index (κ1) is 18.9. The van der Waals surface area contributed by atoms with Crippen molar-refractivity contribution in [1.29, 1.82) is 0 Å². The molecule has 1 N–H and O–H groups in total. The summed E-state index contributed by atoms with van der Waals surface area (Å²) in [4.78, 5) is 16.2. The maximum atomic E-state index is 12.2. The number of halogens is 3. The van der Waals surface area contributed by atoms with Crippen LogP contribution in [0.2, 0.25) is 15.1 Å². The Balaban J connectivity index is 1.67. The summed E-state index contributed by atoms with van der Waals surface area (Å²) >= 11 is 19.1. The minimum Gasteiger partial charge on any atom is -0.309 e. The van der Waals surface area contributed by atoms with Crippen LogP contribution in [0.15, 0.2) is 35.6 Å². The van der Waals surface area contributed by atoms with E-state index in [4.69, 9.17) is 34.8 Å². The molecular weight excluding hydrogens is 419 g/mol. The number of rotatable bonds is 5. The van der Waals surface area contributed by atoms with E-state index < -0.39 is 0 Å². The number of anilines is 1. The number of benzene rings is 1. The molecule has 0 unspecified atom stereocenters. The third-order valence-corrected chi connectivity index (χ3v) is 5.32. The first-order chi connectivity index (χ1) is 12.5. The lowest BCUT2D eigenvalue weighted by Gasteiger charge is -2.09. The molecule has 0 spiro atoms. The topological polar surface area (TPSA) is 85.6 Å². The van der Waals surface area contributed by atoms with Gasteiger partial charge in [-0.2, -0.15) is 4.68 Å². The van der Waals surface area contributed by atoms with Crippen LogP contribution in [0.4, 0.5) is 5.82 Å². The van der Waals surface area contributed by atoms with Gasteiger partial charge in [0.05, 0.1) is 21.5 Å². The zero-order valence-corrected chi connectivity index (χ0v) is 16.4. The Labute approximate surface area is 168 Å². The summed E-state index contributed by atoms with van der Waals surface area (Å²) < 4.78 is 1.52. The SMILES string of the molecule is Cc1c(Cl)cnc(NC(=O)CSc2nnnn2-c2ccc(Cl)cc2)c1Cl. The fraction of sp³-hybridized carbons (Fsp3) is 0.133. The van der Waals surface area contributed by atoms with Gasteiger partial charge >= 0.3 is 0 Å². The highest BCUT2D eigenvalue weighted by Gasteiger charge is 2.14. The van der Waals surface area contributed by atoms with E-state index in [0.29, 0.717) is 25.8 Å². The first-order valence-corrected chi connectivity index (χ1v) is 9.35. The molecule has 2 heterocycles.